The van der Waals surface area contributed by atoms with Crippen LogP contribution in [0.15, 0.2) is 47.1 Å². The fraction of sp³-hybridized carbons (Fsp3) is 0.581. The first-order valence-corrected chi connectivity index (χ1v) is 13.1. The Morgan fingerprint density at radius 2 is 1.82 bits per heavy atom. The smallest absolute Gasteiger partial charge is 0.156 e. The zero-order chi connectivity index (χ0) is 24.3. The predicted octanol–water partition coefficient (Wildman–Crippen LogP) is 6.04. The highest BCUT2D eigenvalue weighted by atomic mass is 16.3. The van der Waals surface area contributed by atoms with E-state index in [1.165, 1.54) is 22.4 Å². The first kappa shape index (κ1) is 23.4. The van der Waals surface area contributed by atoms with Crippen LogP contribution in [0.1, 0.15) is 77.2 Å². The van der Waals surface area contributed by atoms with Crippen molar-refractivity contribution in [1.29, 1.82) is 0 Å². The molecule has 2 saturated carbocycles. The van der Waals surface area contributed by atoms with Crippen LogP contribution in [0.2, 0.25) is 0 Å². The van der Waals surface area contributed by atoms with Crippen LogP contribution in [-0.2, 0) is 4.79 Å². The molecule has 3 heteroatoms. The number of rotatable bonds is 2. The Balaban J connectivity index is 1.65. The van der Waals surface area contributed by atoms with Crippen molar-refractivity contribution in [1.82, 2.24) is 0 Å². The van der Waals surface area contributed by atoms with Gasteiger partial charge in [0.25, 0.3) is 0 Å². The molecule has 0 aliphatic heterocycles. The van der Waals surface area contributed by atoms with Crippen LogP contribution in [0.4, 0.5) is 5.69 Å². The summed E-state index contributed by atoms with van der Waals surface area (Å²) in [6.07, 6.45) is 8.23. The number of benzene rings is 1. The van der Waals surface area contributed by atoms with Crippen molar-refractivity contribution in [2.45, 2.75) is 77.2 Å². The molecule has 0 amide bonds. The first-order chi connectivity index (χ1) is 16.1. The number of fused-ring (bicyclic) bond motifs is 4. The van der Waals surface area contributed by atoms with Gasteiger partial charge in [-0.1, -0.05) is 50.3 Å². The normalized spacial score (nSPS) is 34.6. The Morgan fingerprint density at radius 3 is 2.50 bits per heavy atom. The Hall–Kier alpha value is -2.31. The van der Waals surface area contributed by atoms with Gasteiger partial charge in [-0.25, -0.2) is 0 Å². The predicted molar refractivity (Wildman–Crippen MR) is 139 cm³/mol. The lowest BCUT2D eigenvalue weighted by molar-refractivity contribution is -0.114. The number of carbonyl (C=O) groups excluding carboxylic acids is 1. The quantitative estimate of drug-likeness (QED) is 0.550. The van der Waals surface area contributed by atoms with Gasteiger partial charge < -0.3 is 10.0 Å². The minimum atomic E-state index is -0.932. The lowest BCUT2D eigenvalue weighted by Gasteiger charge is -2.53. The van der Waals surface area contributed by atoms with Crippen molar-refractivity contribution < 1.29 is 9.90 Å². The number of hydrogen-bond acceptors (Lipinski definition) is 3. The number of hydrogen-bond donors (Lipinski definition) is 1. The standard InChI is InChI=1S/C31H39NO2/c1-20(2)14-16-31(34)17-15-28-26-12-8-22-18-24(33)11-13-25(22)29(26)27(19-30(28,31)3)21-6-9-23(10-7-21)32(4)5/h6-7,9-10,18,20,26-28,34H,8,11-13,15,17,19H2,1-5H3/t26-,27+,28-,30-,31-/m0/s1. The summed E-state index contributed by atoms with van der Waals surface area (Å²) in [4.78, 5) is 14.4. The van der Waals surface area contributed by atoms with E-state index >= 15 is 0 Å². The second-order valence-electron chi connectivity index (χ2n) is 11.8. The average Bonchev–Trinajstić information content (AvgIpc) is 3.07. The molecule has 0 bridgehead atoms. The van der Waals surface area contributed by atoms with Gasteiger partial charge >= 0.3 is 0 Å². The third-order valence-electron chi connectivity index (χ3n) is 9.27. The molecule has 3 nitrogen and oxygen atoms in total. The minimum Gasteiger partial charge on any atom is -0.378 e. The van der Waals surface area contributed by atoms with Crippen LogP contribution in [0.25, 0.3) is 0 Å². The van der Waals surface area contributed by atoms with E-state index in [0.29, 0.717) is 18.3 Å². The summed E-state index contributed by atoms with van der Waals surface area (Å²) >= 11 is 0. The van der Waals surface area contributed by atoms with Gasteiger partial charge in [-0.2, -0.15) is 0 Å². The van der Waals surface area contributed by atoms with E-state index in [1.54, 1.807) is 5.57 Å². The molecule has 2 fully saturated rings. The Labute approximate surface area is 205 Å². The van der Waals surface area contributed by atoms with Crippen LogP contribution >= 0.6 is 0 Å². The number of anilines is 1. The van der Waals surface area contributed by atoms with Gasteiger partial charge in [0.05, 0.1) is 0 Å². The summed E-state index contributed by atoms with van der Waals surface area (Å²) in [6, 6.07) is 9.00. The lowest BCUT2D eigenvalue weighted by atomic mass is 9.51. The highest BCUT2D eigenvalue weighted by Gasteiger charge is 2.62. The van der Waals surface area contributed by atoms with Crippen LogP contribution in [0.3, 0.4) is 0 Å². The molecule has 0 radical (unpaired) electrons. The molecule has 4 aliphatic rings. The Kier molecular flexibility index (Phi) is 5.80. The van der Waals surface area contributed by atoms with E-state index in [1.807, 2.05) is 6.08 Å². The number of aliphatic hydroxyl groups is 1. The van der Waals surface area contributed by atoms with E-state index in [-0.39, 0.29) is 23.0 Å². The van der Waals surface area contributed by atoms with Crippen LogP contribution in [0.5, 0.6) is 0 Å². The maximum absolute atomic E-state index is 12.2. The molecule has 1 aromatic carbocycles. The van der Waals surface area contributed by atoms with E-state index in [9.17, 15) is 9.90 Å². The molecule has 0 heterocycles. The van der Waals surface area contributed by atoms with Gasteiger partial charge in [0.2, 0.25) is 0 Å². The largest absolute Gasteiger partial charge is 0.378 e. The molecule has 34 heavy (non-hydrogen) atoms. The molecule has 180 valence electrons. The summed E-state index contributed by atoms with van der Waals surface area (Å²) in [5.74, 6) is 8.40. The van der Waals surface area contributed by atoms with E-state index in [0.717, 1.165) is 38.5 Å². The van der Waals surface area contributed by atoms with Crippen LogP contribution < -0.4 is 4.90 Å². The summed E-state index contributed by atoms with van der Waals surface area (Å²) in [7, 11) is 4.15. The number of nitrogens with zero attached hydrogens (tertiary/aromatic N) is 1. The Morgan fingerprint density at radius 1 is 1.09 bits per heavy atom. The molecule has 0 spiro atoms. The van der Waals surface area contributed by atoms with Crippen molar-refractivity contribution in [2.75, 3.05) is 19.0 Å². The molecule has 0 aromatic heterocycles. The summed E-state index contributed by atoms with van der Waals surface area (Å²) in [5.41, 5.74) is 5.69. The number of ketones is 1. The van der Waals surface area contributed by atoms with E-state index in [2.05, 4.69) is 75.9 Å². The maximum Gasteiger partial charge on any atom is 0.156 e. The fourth-order valence-electron chi connectivity index (χ4n) is 7.44. The monoisotopic (exact) mass is 457 g/mol. The van der Waals surface area contributed by atoms with Crippen LogP contribution in [0, 0.1) is 35.0 Å². The van der Waals surface area contributed by atoms with Gasteiger partial charge in [0.1, 0.15) is 5.60 Å². The van der Waals surface area contributed by atoms with Crippen molar-refractivity contribution >= 4 is 11.5 Å². The summed E-state index contributed by atoms with van der Waals surface area (Å²) in [6.45, 7) is 6.52. The van der Waals surface area contributed by atoms with E-state index in [4.69, 9.17) is 0 Å². The van der Waals surface area contributed by atoms with Crippen molar-refractivity contribution in [3.05, 3.63) is 52.6 Å². The van der Waals surface area contributed by atoms with Crippen molar-refractivity contribution in [2.24, 2.45) is 23.2 Å². The Bertz CT molecular complexity index is 1110. The highest BCUT2D eigenvalue weighted by Crippen LogP contribution is 2.66. The summed E-state index contributed by atoms with van der Waals surface area (Å²) < 4.78 is 0. The van der Waals surface area contributed by atoms with Crippen LogP contribution in [-0.4, -0.2) is 30.6 Å². The average molecular weight is 458 g/mol. The molecule has 4 aliphatic carbocycles. The van der Waals surface area contributed by atoms with Crippen molar-refractivity contribution in [3.8, 4) is 11.8 Å². The first-order valence-electron chi connectivity index (χ1n) is 13.1. The SMILES string of the molecule is CC(C)C#C[C@]1(O)CC[C@H]2[C@@H]3CCC4=CC(=O)CCC4=C3[C@@H](c3ccc(N(C)C)cc3)C[C@@]21C. The topological polar surface area (TPSA) is 40.5 Å². The zero-order valence-electron chi connectivity index (χ0n) is 21.4. The molecular weight excluding hydrogens is 418 g/mol. The van der Waals surface area contributed by atoms with Gasteiger partial charge in [-0.3, -0.25) is 4.79 Å². The molecule has 0 unspecified atom stereocenters. The second-order valence-corrected chi connectivity index (χ2v) is 11.8. The number of allylic oxidation sites excluding steroid dienone is 4. The molecule has 1 N–H and O–H groups in total. The number of carbonyl (C=O) groups is 1. The van der Waals surface area contributed by atoms with Gasteiger partial charge in [0.15, 0.2) is 5.78 Å². The molecule has 5 rings (SSSR count). The van der Waals surface area contributed by atoms with E-state index < -0.39 is 5.60 Å². The molecular formula is C31H39NO2. The molecule has 1 aromatic rings. The highest BCUT2D eigenvalue weighted by molar-refractivity contribution is 5.93. The third-order valence-corrected chi connectivity index (χ3v) is 9.27. The lowest BCUT2D eigenvalue weighted by Crippen LogP contribution is -2.51. The fourth-order valence-corrected chi connectivity index (χ4v) is 7.44. The molecule has 5 atom stereocenters. The second kappa shape index (κ2) is 8.42. The molecule has 0 saturated heterocycles. The van der Waals surface area contributed by atoms with Gasteiger partial charge in [-0.15, -0.1) is 0 Å². The van der Waals surface area contributed by atoms with Gasteiger partial charge in [-0.05, 0) is 85.3 Å². The third kappa shape index (κ3) is 3.66. The maximum atomic E-state index is 12.2. The zero-order valence-corrected chi connectivity index (χ0v) is 21.4. The minimum absolute atomic E-state index is 0.236. The van der Waals surface area contributed by atoms with Crippen molar-refractivity contribution in [3.63, 3.8) is 0 Å². The van der Waals surface area contributed by atoms with Gasteiger partial charge in [0, 0.05) is 43.5 Å². The summed E-state index contributed by atoms with van der Waals surface area (Å²) in [5, 5.41) is 12.0.